The third-order valence-corrected chi connectivity index (χ3v) is 5.21. The van der Waals surface area contributed by atoms with Gasteiger partial charge in [0.2, 0.25) is 11.8 Å². The largest absolute Gasteiger partial charge is 0.421 e. The van der Waals surface area contributed by atoms with E-state index in [1.165, 1.54) is 24.5 Å². The van der Waals surface area contributed by atoms with Crippen molar-refractivity contribution in [2.45, 2.75) is 31.8 Å². The summed E-state index contributed by atoms with van der Waals surface area (Å²) in [5, 5.41) is 2.90. The van der Waals surface area contributed by atoms with E-state index in [0.717, 1.165) is 6.07 Å². The van der Waals surface area contributed by atoms with Crippen LogP contribution in [-0.4, -0.2) is 35.0 Å². The smallest absolute Gasteiger partial charge is 0.322 e. The summed E-state index contributed by atoms with van der Waals surface area (Å²) in [5.41, 5.74) is 4.36. The number of rotatable bonds is 6. The van der Waals surface area contributed by atoms with Crippen LogP contribution in [0.4, 0.5) is 10.1 Å². The molecule has 1 saturated carbocycles. The molecule has 154 valence electrons. The average molecular weight is 423 g/mol. The summed E-state index contributed by atoms with van der Waals surface area (Å²) in [6.07, 6.45) is 4.23. The lowest BCUT2D eigenvalue weighted by Crippen LogP contribution is -2.49. The lowest BCUT2D eigenvalue weighted by Gasteiger charge is -2.35. The fourth-order valence-electron chi connectivity index (χ4n) is 3.27. The Bertz CT molecular complexity index is 902. The van der Waals surface area contributed by atoms with Gasteiger partial charge in [0.25, 0.3) is 0 Å². The summed E-state index contributed by atoms with van der Waals surface area (Å²) in [6, 6.07) is 3.77. The number of nitrogens with one attached hydrogen (secondary N) is 1. The summed E-state index contributed by atoms with van der Waals surface area (Å²) in [6.45, 7) is 0. The van der Waals surface area contributed by atoms with Crippen molar-refractivity contribution in [3.63, 3.8) is 0 Å². The number of primary amides is 1. The molecule has 0 bridgehead atoms. The van der Waals surface area contributed by atoms with Crippen LogP contribution in [0.15, 0.2) is 30.6 Å². The number of hydrogen-bond acceptors (Lipinski definition) is 6. The number of methoxy groups -OCH3 is 1. The normalized spacial score (nSPS) is 21.4. The molecule has 3 N–H and O–H groups in total. The molecule has 0 spiro atoms. The molecule has 10 heteroatoms. The minimum atomic E-state index is -1.35. The number of hydrogen-bond donors (Lipinski definition) is 2. The highest BCUT2D eigenvalue weighted by Crippen LogP contribution is 2.38. The molecule has 0 aliphatic heterocycles. The first-order valence-electron chi connectivity index (χ1n) is 8.93. The van der Waals surface area contributed by atoms with Gasteiger partial charge in [0, 0.05) is 18.9 Å². The van der Waals surface area contributed by atoms with Crippen molar-refractivity contribution in [3.8, 4) is 11.8 Å². The van der Waals surface area contributed by atoms with E-state index >= 15 is 0 Å². The average Bonchev–Trinajstić information content (AvgIpc) is 2.71. The number of halogens is 2. The summed E-state index contributed by atoms with van der Waals surface area (Å²) in [7, 11) is 1.59. The Morgan fingerprint density at radius 1 is 1.28 bits per heavy atom. The van der Waals surface area contributed by atoms with E-state index in [-0.39, 0.29) is 36.4 Å². The minimum absolute atomic E-state index is 0.0146. The van der Waals surface area contributed by atoms with Crippen molar-refractivity contribution in [2.75, 3.05) is 12.4 Å². The molecule has 1 heterocycles. The molecular weight excluding hydrogens is 403 g/mol. The van der Waals surface area contributed by atoms with Gasteiger partial charge in [0.15, 0.2) is 11.6 Å². The first kappa shape index (κ1) is 20.9. The number of nitrogens with two attached hydrogens (primary N) is 1. The van der Waals surface area contributed by atoms with Crippen molar-refractivity contribution in [1.29, 1.82) is 0 Å². The van der Waals surface area contributed by atoms with Crippen LogP contribution in [0.3, 0.4) is 0 Å². The molecule has 0 saturated heterocycles. The number of carbonyl (C=O) groups excluding carboxylic acids is 2. The molecule has 1 aliphatic rings. The second kappa shape index (κ2) is 8.71. The monoisotopic (exact) mass is 422 g/mol. The quantitative estimate of drug-likeness (QED) is 0.691. The van der Waals surface area contributed by atoms with Gasteiger partial charge in [-0.15, -0.1) is 0 Å². The van der Waals surface area contributed by atoms with E-state index in [1.54, 1.807) is 7.11 Å². The zero-order chi connectivity index (χ0) is 21.0. The SMILES string of the molecule is COC1CCC(C(N)=O)(C(=O)Nc2ccc(Oc3ncc(Cl)cn3)c(F)c2)CC1. The van der Waals surface area contributed by atoms with Gasteiger partial charge >= 0.3 is 6.01 Å². The van der Waals surface area contributed by atoms with Crippen LogP contribution in [0.2, 0.25) is 5.02 Å². The predicted octanol–water partition coefficient (Wildman–Crippen LogP) is 3.06. The maximum Gasteiger partial charge on any atom is 0.322 e. The molecule has 0 unspecified atom stereocenters. The van der Waals surface area contributed by atoms with E-state index in [0.29, 0.717) is 17.9 Å². The number of carbonyl (C=O) groups is 2. The Balaban J connectivity index is 1.72. The second-order valence-electron chi connectivity index (χ2n) is 6.77. The number of nitrogens with zero attached hydrogens (tertiary/aromatic N) is 2. The first-order chi connectivity index (χ1) is 13.8. The maximum absolute atomic E-state index is 14.4. The van der Waals surface area contributed by atoms with Gasteiger partial charge in [-0.2, -0.15) is 0 Å². The van der Waals surface area contributed by atoms with Crippen LogP contribution >= 0.6 is 11.6 Å². The topological polar surface area (TPSA) is 116 Å². The van der Waals surface area contributed by atoms with Crippen molar-refractivity contribution in [1.82, 2.24) is 9.97 Å². The summed E-state index contributed by atoms with van der Waals surface area (Å²) >= 11 is 5.69. The van der Waals surface area contributed by atoms with E-state index in [2.05, 4.69) is 15.3 Å². The third-order valence-electron chi connectivity index (χ3n) is 5.01. The molecule has 1 aromatic carbocycles. The summed E-state index contributed by atoms with van der Waals surface area (Å²) in [5.74, 6) is -2.13. The van der Waals surface area contributed by atoms with Gasteiger partial charge in [-0.05, 0) is 37.8 Å². The highest BCUT2D eigenvalue weighted by Gasteiger charge is 2.47. The van der Waals surface area contributed by atoms with E-state index in [4.69, 9.17) is 26.8 Å². The van der Waals surface area contributed by atoms with E-state index < -0.39 is 23.0 Å². The van der Waals surface area contributed by atoms with Crippen LogP contribution in [-0.2, 0) is 14.3 Å². The molecule has 29 heavy (non-hydrogen) atoms. The number of aromatic nitrogens is 2. The predicted molar refractivity (Wildman–Crippen MR) is 103 cm³/mol. The Morgan fingerprint density at radius 3 is 2.48 bits per heavy atom. The lowest BCUT2D eigenvalue weighted by atomic mass is 9.71. The standard InChI is InChI=1S/C19H20ClFN4O4/c1-28-13-4-6-19(7-5-13,16(22)26)17(27)25-12-2-3-15(14(21)8-12)29-18-23-9-11(20)10-24-18/h2-3,8-10,13H,4-7H2,1H3,(H2,22,26)(H,25,27). The highest BCUT2D eigenvalue weighted by molar-refractivity contribution is 6.30. The van der Waals surface area contributed by atoms with Crippen molar-refractivity contribution in [3.05, 3.63) is 41.4 Å². The Hall–Kier alpha value is -2.78. The van der Waals surface area contributed by atoms with E-state index in [9.17, 15) is 14.0 Å². The van der Waals surface area contributed by atoms with Crippen LogP contribution in [0, 0.1) is 11.2 Å². The molecule has 0 atom stereocenters. The van der Waals surface area contributed by atoms with Gasteiger partial charge in [0.1, 0.15) is 5.41 Å². The van der Waals surface area contributed by atoms with Crippen LogP contribution in [0.25, 0.3) is 0 Å². The van der Waals surface area contributed by atoms with Crippen molar-refractivity contribution in [2.24, 2.45) is 11.1 Å². The lowest BCUT2D eigenvalue weighted by molar-refractivity contribution is -0.142. The summed E-state index contributed by atoms with van der Waals surface area (Å²) in [4.78, 5) is 32.5. The number of anilines is 1. The van der Waals surface area contributed by atoms with E-state index in [1.807, 2.05) is 0 Å². The van der Waals surface area contributed by atoms with Gasteiger partial charge in [-0.25, -0.2) is 14.4 Å². The molecule has 1 aromatic heterocycles. The second-order valence-corrected chi connectivity index (χ2v) is 7.20. The van der Waals surface area contributed by atoms with Crippen molar-refractivity contribution < 1.29 is 23.5 Å². The molecule has 8 nitrogen and oxygen atoms in total. The molecule has 0 radical (unpaired) electrons. The number of benzene rings is 1. The molecular formula is C19H20ClFN4O4. The maximum atomic E-state index is 14.4. The molecule has 2 amide bonds. The summed E-state index contributed by atoms with van der Waals surface area (Å²) < 4.78 is 24.9. The zero-order valence-corrected chi connectivity index (χ0v) is 16.4. The fraction of sp³-hybridized carbons (Fsp3) is 0.368. The van der Waals surface area contributed by atoms with Gasteiger partial charge in [0.05, 0.1) is 23.5 Å². The first-order valence-corrected chi connectivity index (χ1v) is 9.31. The Kier molecular flexibility index (Phi) is 6.29. The van der Waals surface area contributed by atoms with Crippen molar-refractivity contribution >= 4 is 29.1 Å². The van der Waals surface area contributed by atoms with Gasteiger partial charge in [-0.1, -0.05) is 11.6 Å². The van der Waals surface area contributed by atoms with Crippen LogP contribution in [0.5, 0.6) is 11.8 Å². The van der Waals surface area contributed by atoms with Crippen LogP contribution in [0.1, 0.15) is 25.7 Å². The van der Waals surface area contributed by atoms with Gasteiger partial charge in [-0.3, -0.25) is 9.59 Å². The Labute approximate surface area is 171 Å². The molecule has 1 fully saturated rings. The highest BCUT2D eigenvalue weighted by atomic mass is 35.5. The number of ether oxygens (including phenoxy) is 2. The molecule has 3 rings (SSSR count). The molecule has 1 aliphatic carbocycles. The number of amides is 2. The van der Waals surface area contributed by atoms with Crippen LogP contribution < -0.4 is 15.8 Å². The fourth-order valence-corrected chi connectivity index (χ4v) is 3.37. The molecule has 2 aromatic rings. The van der Waals surface area contributed by atoms with Gasteiger partial charge < -0.3 is 20.5 Å². The zero-order valence-electron chi connectivity index (χ0n) is 15.7. The Morgan fingerprint density at radius 2 is 1.93 bits per heavy atom. The minimum Gasteiger partial charge on any atom is -0.421 e. The third kappa shape index (κ3) is 4.63.